The summed E-state index contributed by atoms with van der Waals surface area (Å²) in [5, 5.41) is 9.16. The van der Waals surface area contributed by atoms with Gasteiger partial charge in [-0.05, 0) is 57.4 Å². The van der Waals surface area contributed by atoms with Gasteiger partial charge >= 0.3 is 6.09 Å². The van der Waals surface area contributed by atoms with Crippen molar-refractivity contribution >= 4 is 23.4 Å². The fourth-order valence-electron chi connectivity index (χ4n) is 1.86. The fraction of sp³-hybridized carbons (Fsp3) is 0.818. The Balaban J connectivity index is 2.05. The lowest BCUT2D eigenvalue weighted by Gasteiger charge is -2.22. The Morgan fingerprint density at radius 2 is 2.18 bits per heavy atom. The molecule has 0 aliphatic carbocycles. The number of carbonyl (C=O) groups excluding carboxylic acids is 1. The number of piperidine rings is 1. The van der Waals surface area contributed by atoms with Crippen LogP contribution in [0.5, 0.6) is 0 Å². The van der Waals surface area contributed by atoms with Gasteiger partial charge in [0.15, 0.2) is 5.11 Å². The highest BCUT2D eigenvalue weighted by molar-refractivity contribution is 7.80. The molecule has 0 aromatic rings. The second kappa shape index (κ2) is 8.25. The van der Waals surface area contributed by atoms with E-state index in [-0.39, 0.29) is 0 Å². The summed E-state index contributed by atoms with van der Waals surface area (Å²) in [7, 11) is 0. The lowest BCUT2D eigenvalue weighted by atomic mass is 9.95. The van der Waals surface area contributed by atoms with Gasteiger partial charge in [0.1, 0.15) is 0 Å². The van der Waals surface area contributed by atoms with Crippen molar-refractivity contribution in [3.8, 4) is 0 Å². The van der Waals surface area contributed by atoms with E-state index in [4.69, 9.17) is 17.0 Å². The van der Waals surface area contributed by atoms with Gasteiger partial charge in [-0.15, -0.1) is 0 Å². The van der Waals surface area contributed by atoms with Gasteiger partial charge in [-0.25, -0.2) is 4.79 Å². The van der Waals surface area contributed by atoms with E-state index in [1.54, 1.807) is 6.92 Å². The topological polar surface area (TPSA) is 62.4 Å². The Morgan fingerprint density at radius 3 is 2.82 bits per heavy atom. The van der Waals surface area contributed by atoms with Crippen LogP contribution in [0.25, 0.3) is 0 Å². The van der Waals surface area contributed by atoms with Crippen molar-refractivity contribution in [2.24, 2.45) is 5.92 Å². The maximum absolute atomic E-state index is 11.0. The second-order valence-corrected chi connectivity index (χ2v) is 4.49. The molecule has 17 heavy (non-hydrogen) atoms. The molecule has 0 spiro atoms. The van der Waals surface area contributed by atoms with Crippen LogP contribution in [-0.2, 0) is 4.74 Å². The van der Waals surface area contributed by atoms with Crippen molar-refractivity contribution in [3.63, 3.8) is 0 Å². The maximum Gasteiger partial charge on any atom is 0.413 e. The molecule has 98 valence electrons. The van der Waals surface area contributed by atoms with Gasteiger partial charge in [0.25, 0.3) is 0 Å². The molecule has 1 amide bonds. The number of hydrogen-bond acceptors (Lipinski definition) is 4. The standard InChI is InChI=1S/C11H21N3O2S/c1-2-16-11(15)14-10(17)13-8-5-9-3-6-12-7-4-9/h9,12H,2-8H2,1H3,(H2,13,14,15,17). The summed E-state index contributed by atoms with van der Waals surface area (Å²) in [4.78, 5) is 11.0. The van der Waals surface area contributed by atoms with Gasteiger partial charge in [0, 0.05) is 6.54 Å². The summed E-state index contributed by atoms with van der Waals surface area (Å²) in [5.41, 5.74) is 0. The first-order chi connectivity index (χ1) is 8.22. The zero-order valence-electron chi connectivity index (χ0n) is 10.3. The molecule has 0 bridgehead atoms. The maximum atomic E-state index is 11.0. The molecule has 1 aliphatic rings. The Morgan fingerprint density at radius 1 is 1.47 bits per heavy atom. The van der Waals surface area contributed by atoms with Gasteiger partial charge in [-0.1, -0.05) is 0 Å². The number of thiocarbonyl (C=S) groups is 1. The molecule has 1 rings (SSSR count). The molecule has 1 aliphatic heterocycles. The molecule has 3 N–H and O–H groups in total. The molecule has 0 atom stereocenters. The van der Waals surface area contributed by atoms with E-state index in [9.17, 15) is 4.79 Å². The number of hydrogen-bond donors (Lipinski definition) is 3. The first-order valence-corrected chi connectivity index (χ1v) is 6.55. The largest absolute Gasteiger partial charge is 0.450 e. The molecule has 0 aromatic carbocycles. The SMILES string of the molecule is CCOC(=O)NC(=S)NCCC1CCNCC1. The summed E-state index contributed by atoms with van der Waals surface area (Å²) in [6.45, 7) is 5.12. The van der Waals surface area contributed by atoms with Gasteiger partial charge < -0.3 is 15.4 Å². The summed E-state index contributed by atoms with van der Waals surface area (Å²) in [6, 6.07) is 0. The van der Waals surface area contributed by atoms with E-state index in [0.717, 1.165) is 32.0 Å². The van der Waals surface area contributed by atoms with Crippen molar-refractivity contribution in [1.82, 2.24) is 16.0 Å². The van der Waals surface area contributed by atoms with Crippen LogP contribution < -0.4 is 16.0 Å². The van der Waals surface area contributed by atoms with E-state index in [0.29, 0.717) is 11.7 Å². The number of carbonyl (C=O) groups is 1. The van der Waals surface area contributed by atoms with Crippen LogP contribution in [-0.4, -0.2) is 37.4 Å². The van der Waals surface area contributed by atoms with Crippen molar-refractivity contribution in [1.29, 1.82) is 0 Å². The van der Waals surface area contributed by atoms with Crippen LogP contribution in [0.4, 0.5) is 4.79 Å². The van der Waals surface area contributed by atoms with Crippen LogP contribution in [0.15, 0.2) is 0 Å². The summed E-state index contributed by atoms with van der Waals surface area (Å²) in [6.07, 6.45) is 3.04. The third-order valence-corrected chi connectivity index (χ3v) is 3.03. The number of rotatable bonds is 4. The monoisotopic (exact) mass is 259 g/mol. The second-order valence-electron chi connectivity index (χ2n) is 4.08. The molecular weight excluding hydrogens is 238 g/mol. The lowest BCUT2D eigenvalue weighted by Crippen LogP contribution is -2.40. The summed E-state index contributed by atoms with van der Waals surface area (Å²) < 4.78 is 4.72. The Hall–Kier alpha value is -0.880. The van der Waals surface area contributed by atoms with Crippen LogP contribution in [0.3, 0.4) is 0 Å². The number of amides is 1. The molecule has 0 aromatic heterocycles. The van der Waals surface area contributed by atoms with E-state index in [1.165, 1.54) is 12.8 Å². The highest BCUT2D eigenvalue weighted by Gasteiger charge is 2.12. The Labute approximate surface area is 108 Å². The van der Waals surface area contributed by atoms with Crippen molar-refractivity contribution in [3.05, 3.63) is 0 Å². The van der Waals surface area contributed by atoms with Gasteiger partial charge in [-0.2, -0.15) is 0 Å². The van der Waals surface area contributed by atoms with Crippen LogP contribution >= 0.6 is 12.2 Å². The minimum Gasteiger partial charge on any atom is -0.450 e. The first-order valence-electron chi connectivity index (χ1n) is 6.14. The van der Waals surface area contributed by atoms with Crippen molar-refractivity contribution in [2.75, 3.05) is 26.2 Å². The van der Waals surface area contributed by atoms with E-state index < -0.39 is 6.09 Å². The lowest BCUT2D eigenvalue weighted by molar-refractivity contribution is 0.157. The summed E-state index contributed by atoms with van der Waals surface area (Å²) in [5.74, 6) is 0.758. The minimum atomic E-state index is -0.494. The first kappa shape index (κ1) is 14.2. The molecule has 1 saturated heterocycles. The predicted octanol–water partition coefficient (Wildman–Crippen LogP) is 0.997. The average molecular weight is 259 g/mol. The highest BCUT2D eigenvalue weighted by Crippen LogP contribution is 2.14. The predicted molar refractivity (Wildman–Crippen MR) is 71.0 cm³/mol. The number of alkyl carbamates (subject to hydrolysis) is 1. The third kappa shape index (κ3) is 6.43. The normalized spacial score (nSPS) is 16.3. The fourth-order valence-corrected chi connectivity index (χ4v) is 2.05. The van der Waals surface area contributed by atoms with Crippen molar-refractivity contribution < 1.29 is 9.53 Å². The molecule has 0 radical (unpaired) electrons. The quantitative estimate of drug-likeness (QED) is 0.657. The van der Waals surface area contributed by atoms with Gasteiger partial charge in [0.2, 0.25) is 0 Å². The molecule has 0 saturated carbocycles. The van der Waals surface area contributed by atoms with Crippen molar-refractivity contribution in [2.45, 2.75) is 26.2 Å². The zero-order valence-corrected chi connectivity index (χ0v) is 11.1. The highest BCUT2D eigenvalue weighted by atomic mass is 32.1. The van der Waals surface area contributed by atoms with E-state index >= 15 is 0 Å². The molecule has 1 heterocycles. The molecular formula is C11H21N3O2S. The average Bonchev–Trinajstić information content (AvgIpc) is 2.30. The van der Waals surface area contributed by atoms with Crippen LogP contribution in [0.2, 0.25) is 0 Å². The number of nitrogens with one attached hydrogen (secondary N) is 3. The van der Waals surface area contributed by atoms with E-state index in [1.807, 2.05) is 0 Å². The Bertz CT molecular complexity index is 255. The third-order valence-electron chi connectivity index (χ3n) is 2.79. The number of ether oxygens (including phenoxy) is 1. The molecule has 5 nitrogen and oxygen atoms in total. The van der Waals surface area contributed by atoms with Crippen LogP contribution in [0.1, 0.15) is 26.2 Å². The minimum absolute atomic E-state index is 0.345. The Kier molecular flexibility index (Phi) is 6.88. The zero-order chi connectivity index (χ0) is 12.5. The van der Waals surface area contributed by atoms with Crippen LogP contribution in [0, 0.1) is 5.92 Å². The smallest absolute Gasteiger partial charge is 0.413 e. The molecule has 0 unspecified atom stereocenters. The summed E-state index contributed by atoms with van der Waals surface area (Å²) >= 11 is 4.98. The van der Waals surface area contributed by atoms with Gasteiger partial charge in [0.05, 0.1) is 6.61 Å². The molecule has 1 fully saturated rings. The van der Waals surface area contributed by atoms with Gasteiger partial charge in [-0.3, -0.25) is 5.32 Å². The molecule has 6 heteroatoms. The van der Waals surface area contributed by atoms with E-state index in [2.05, 4.69) is 16.0 Å².